The minimum absolute atomic E-state index is 0.0675. The van der Waals surface area contributed by atoms with Gasteiger partial charge in [0.1, 0.15) is 11.9 Å². The van der Waals surface area contributed by atoms with Gasteiger partial charge in [0.25, 0.3) is 0 Å². The maximum atomic E-state index is 6.12. The first-order valence-corrected chi connectivity index (χ1v) is 6.24. The molecule has 1 aliphatic rings. The lowest BCUT2D eigenvalue weighted by Gasteiger charge is -2.23. The lowest BCUT2D eigenvalue weighted by molar-refractivity contribution is 0.0920. The molecule has 1 unspecified atom stereocenters. The summed E-state index contributed by atoms with van der Waals surface area (Å²) in [6.45, 7) is 2.60. The van der Waals surface area contributed by atoms with Crippen LogP contribution in [-0.4, -0.2) is 19.8 Å². The summed E-state index contributed by atoms with van der Waals surface area (Å²) in [5.41, 5.74) is 8.74. The van der Waals surface area contributed by atoms with Gasteiger partial charge in [0, 0.05) is 13.2 Å². The lowest BCUT2D eigenvalue weighted by Crippen LogP contribution is -2.20. The second-order valence-corrected chi connectivity index (χ2v) is 4.74. The predicted octanol–water partition coefficient (Wildman–Crippen LogP) is 2.44. The smallest absolute Gasteiger partial charge is 0.120 e. The molecule has 94 valence electrons. The van der Waals surface area contributed by atoms with Crippen LogP contribution in [0.25, 0.3) is 0 Å². The van der Waals surface area contributed by atoms with Crippen molar-refractivity contribution in [1.29, 1.82) is 0 Å². The zero-order valence-electron chi connectivity index (χ0n) is 10.6. The van der Waals surface area contributed by atoms with Gasteiger partial charge in [-0.1, -0.05) is 6.07 Å². The Morgan fingerprint density at radius 1 is 1.47 bits per heavy atom. The zero-order valence-corrected chi connectivity index (χ0v) is 10.6. The van der Waals surface area contributed by atoms with Crippen LogP contribution < -0.4 is 10.5 Å². The van der Waals surface area contributed by atoms with Crippen molar-refractivity contribution in [3.8, 4) is 5.75 Å². The molecular weight excluding hydrogens is 214 g/mol. The van der Waals surface area contributed by atoms with Gasteiger partial charge < -0.3 is 15.2 Å². The number of hydrogen-bond acceptors (Lipinski definition) is 3. The van der Waals surface area contributed by atoms with Crippen LogP contribution in [0.4, 0.5) is 0 Å². The van der Waals surface area contributed by atoms with Crippen molar-refractivity contribution in [2.24, 2.45) is 5.73 Å². The Kier molecular flexibility index (Phi) is 4.02. The quantitative estimate of drug-likeness (QED) is 0.871. The summed E-state index contributed by atoms with van der Waals surface area (Å²) in [6.07, 6.45) is 3.47. The summed E-state index contributed by atoms with van der Waals surface area (Å²) >= 11 is 0. The molecule has 0 aliphatic heterocycles. The Balaban J connectivity index is 2.12. The number of ether oxygens (including phenoxy) is 2. The summed E-state index contributed by atoms with van der Waals surface area (Å²) in [6, 6.07) is 6.43. The molecule has 1 aromatic carbocycles. The molecule has 0 radical (unpaired) electrons. The van der Waals surface area contributed by atoms with Crippen LogP contribution in [-0.2, 0) is 11.2 Å². The Morgan fingerprint density at radius 3 is 3.06 bits per heavy atom. The minimum atomic E-state index is 0.0675. The minimum Gasteiger partial charge on any atom is -0.488 e. The van der Waals surface area contributed by atoms with Crippen LogP contribution in [0.3, 0.4) is 0 Å². The third-order valence-electron chi connectivity index (χ3n) is 3.22. The number of benzene rings is 1. The normalized spacial score (nSPS) is 20.8. The molecule has 1 aliphatic carbocycles. The molecule has 0 bridgehead atoms. The fourth-order valence-electron chi connectivity index (χ4n) is 2.39. The molecule has 3 heteroatoms. The van der Waals surface area contributed by atoms with Gasteiger partial charge in [0.05, 0.1) is 6.61 Å². The van der Waals surface area contributed by atoms with Gasteiger partial charge in [0.15, 0.2) is 0 Å². The lowest BCUT2D eigenvalue weighted by atomic mass is 9.88. The van der Waals surface area contributed by atoms with Gasteiger partial charge in [-0.15, -0.1) is 0 Å². The Morgan fingerprint density at radius 2 is 2.29 bits per heavy atom. The van der Waals surface area contributed by atoms with Gasteiger partial charge in [-0.3, -0.25) is 0 Å². The molecule has 17 heavy (non-hydrogen) atoms. The highest BCUT2D eigenvalue weighted by molar-refractivity contribution is 5.39. The molecule has 0 saturated heterocycles. The Bertz CT molecular complexity index is 378. The molecule has 0 saturated carbocycles. The molecule has 0 fully saturated rings. The molecule has 1 aromatic rings. The molecular formula is C14H21NO2. The average molecular weight is 235 g/mol. The van der Waals surface area contributed by atoms with Crippen LogP contribution in [0.1, 0.15) is 36.9 Å². The van der Waals surface area contributed by atoms with Crippen LogP contribution in [0.5, 0.6) is 5.75 Å². The number of hydrogen-bond donors (Lipinski definition) is 1. The monoisotopic (exact) mass is 235 g/mol. The highest BCUT2D eigenvalue weighted by Crippen LogP contribution is 2.31. The second-order valence-electron chi connectivity index (χ2n) is 4.74. The van der Waals surface area contributed by atoms with Crippen LogP contribution >= 0.6 is 0 Å². The highest BCUT2D eigenvalue weighted by Gasteiger charge is 2.17. The molecule has 3 nitrogen and oxygen atoms in total. The molecule has 0 amide bonds. The third-order valence-corrected chi connectivity index (χ3v) is 3.22. The number of methoxy groups -OCH3 is 1. The first kappa shape index (κ1) is 12.4. The summed E-state index contributed by atoms with van der Waals surface area (Å²) in [7, 11) is 1.68. The number of rotatable bonds is 4. The summed E-state index contributed by atoms with van der Waals surface area (Å²) in [5.74, 6) is 0.894. The van der Waals surface area contributed by atoms with Gasteiger partial charge in [-0.05, 0) is 49.4 Å². The fourth-order valence-corrected chi connectivity index (χ4v) is 2.39. The maximum Gasteiger partial charge on any atom is 0.120 e. The van der Waals surface area contributed by atoms with Gasteiger partial charge in [-0.2, -0.15) is 0 Å². The van der Waals surface area contributed by atoms with Crippen molar-refractivity contribution < 1.29 is 9.47 Å². The zero-order chi connectivity index (χ0) is 12.3. The fraction of sp³-hybridized carbons (Fsp3) is 0.571. The van der Waals surface area contributed by atoms with E-state index in [0.717, 1.165) is 18.6 Å². The number of nitrogens with two attached hydrogens (primary N) is 1. The number of fused-ring (bicyclic) bond motifs is 1. The van der Waals surface area contributed by atoms with Crippen LogP contribution in [0, 0.1) is 0 Å². The molecule has 2 N–H and O–H groups in total. The van der Waals surface area contributed by atoms with Crippen molar-refractivity contribution in [3.63, 3.8) is 0 Å². The van der Waals surface area contributed by atoms with E-state index in [-0.39, 0.29) is 12.1 Å². The van der Waals surface area contributed by atoms with Gasteiger partial charge >= 0.3 is 0 Å². The van der Waals surface area contributed by atoms with E-state index in [4.69, 9.17) is 15.2 Å². The molecule has 2 rings (SSSR count). The Hall–Kier alpha value is -1.06. The predicted molar refractivity (Wildman–Crippen MR) is 68.3 cm³/mol. The summed E-state index contributed by atoms with van der Waals surface area (Å²) in [5, 5.41) is 0. The van der Waals surface area contributed by atoms with E-state index >= 15 is 0 Å². The van der Waals surface area contributed by atoms with Crippen molar-refractivity contribution in [2.75, 3.05) is 13.7 Å². The SMILES string of the molecule is COCC(C)Oc1ccc2c(c1)[C@H](N)CCC2. The van der Waals surface area contributed by atoms with E-state index in [1.807, 2.05) is 13.0 Å². The van der Waals surface area contributed by atoms with Gasteiger partial charge in [-0.25, -0.2) is 0 Å². The second kappa shape index (κ2) is 5.52. The topological polar surface area (TPSA) is 44.5 Å². The molecule has 0 heterocycles. The average Bonchev–Trinajstić information content (AvgIpc) is 2.30. The summed E-state index contributed by atoms with van der Waals surface area (Å²) in [4.78, 5) is 0. The largest absolute Gasteiger partial charge is 0.488 e. The third kappa shape index (κ3) is 2.99. The van der Waals surface area contributed by atoms with Crippen LogP contribution in [0.2, 0.25) is 0 Å². The van der Waals surface area contributed by atoms with E-state index in [1.165, 1.54) is 17.5 Å². The van der Waals surface area contributed by atoms with Crippen molar-refractivity contribution in [1.82, 2.24) is 0 Å². The Labute approximate surface area is 103 Å². The van der Waals surface area contributed by atoms with E-state index < -0.39 is 0 Å². The number of aryl methyl sites for hydroxylation is 1. The van der Waals surface area contributed by atoms with Crippen molar-refractivity contribution in [2.45, 2.75) is 38.3 Å². The van der Waals surface area contributed by atoms with Crippen LogP contribution in [0.15, 0.2) is 18.2 Å². The van der Waals surface area contributed by atoms with E-state index in [2.05, 4.69) is 12.1 Å². The van der Waals surface area contributed by atoms with E-state index in [1.54, 1.807) is 7.11 Å². The molecule has 0 spiro atoms. The highest BCUT2D eigenvalue weighted by atomic mass is 16.5. The summed E-state index contributed by atoms with van der Waals surface area (Å²) < 4.78 is 10.8. The standard InChI is InChI=1S/C14H21NO2/c1-10(9-16-2)17-12-7-6-11-4-3-5-14(15)13(11)8-12/h6-8,10,14H,3-5,9,15H2,1-2H3/t10?,14-/m1/s1. The molecule has 0 aromatic heterocycles. The maximum absolute atomic E-state index is 6.12. The van der Waals surface area contributed by atoms with Crippen molar-refractivity contribution in [3.05, 3.63) is 29.3 Å². The van der Waals surface area contributed by atoms with Gasteiger partial charge in [0.2, 0.25) is 0 Å². The first-order valence-electron chi connectivity index (χ1n) is 6.24. The molecule has 2 atom stereocenters. The van der Waals surface area contributed by atoms with E-state index in [9.17, 15) is 0 Å². The van der Waals surface area contributed by atoms with Crippen molar-refractivity contribution >= 4 is 0 Å². The first-order chi connectivity index (χ1) is 8.20. The van der Waals surface area contributed by atoms with E-state index in [0.29, 0.717) is 6.61 Å².